The average molecular weight is 360 g/mol. The van der Waals surface area contributed by atoms with Crippen molar-refractivity contribution in [1.82, 2.24) is 0 Å². The highest BCUT2D eigenvalue weighted by Gasteiger charge is 2.16. The van der Waals surface area contributed by atoms with Gasteiger partial charge in [0.15, 0.2) is 12.2 Å². The van der Waals surface area contributed by atoms with E-state index in [1.165, 1.54) is 38.5 Å². The van der Waals surface area contributed by atoms with E-state index in [-0.39, 0.29) is 0 Å². The molecule has 0 fully saturated rings. The molecular weight excluding hydrogens is 338 g/mol. The van der Waals surface area contributed by atoms with Crippen molar-refractivity contribution in [2.24, 2.45) is 0 Å². The van der Waals surface area contributed by atoms with E-state index >= 15 is 0 Å². The van der Waals surface area contributed by atoms with Crippen LogP contribution >= 0.6 is 0 Å². The Bertz CT molecular complexity index is 1260. The summed E-state index contributed by atoms with van der Waals surface area (Å²) in [6.45, 7) is 0.880. The number of pyridine rings is 1. The highest BCUT2D eigenvalue weighted by molar-refractivity contribution is 5.83. The summed E-state index contributed by atoms with van der Waals surface area (Å²) in [5.41, 5.74) is 5.28. The quantitative estimate of drug-likeness (QED) is 0.350. The van der Waals surface area contributed by atoms with Crippen LogP contribution < -0.4 is 4.57 Å². The Morgan fingerprint density at radius 2 is 1.18 bits per heavy atom. The molecule has 0 spiro atoms. The molecule has 0 atom stereocenters. The Morgan fingerprint density at radius 1 is 0.500 bits per heavy atom. The Hall–Kier alpha value is -3.45. The summed E-state index contributed by atoms with van der Waals surface area (Å²) in [5.74, 6) is 0. The number of aromatic nitrogens is 1. The molecule has 0 radical (unpaired) electrons. The van der Waals surface area contributed by atoms with Crippen molar-refractivity contribution in [2.75, 3.05) is 0 Å². The Balaban J connectivity index is 1.60. The van der Waals surface area contributed by atoms with Gasteiger partial charge in [-0.3, -0.25) is 0 Å². The number of hydrogen-bond acceptors (Lipinski definition) is 0. The van der Waals surface area contributed by atoms with E-state index in [0.717, 1.165) is 13.0 Å². The molecule has 134 valence electrons. The molecule has 0 saturated heterocycles. The van der Waals surface area contributed by atoms with Gasteiger partial charge in [-0.25, -0.2) is 0 Å². The lowest BCUT2D eigenvalue weighted by Gasteiger charge is -2.09. The normalized spacial score (nSPS) is 11.1. The van der Waals surface area contributed by atoms with Crippen LogP contribution in [0.5, 0.6) is 0 Å². The molecule has 0 N–H and O–H groups in total. The molecule has 0 aliphatic rings. The van der Waals surface area contributed by atoms with Crippen LogP contribution in [0.15, 0.2) is 109 Å². The molecule has 1 nitrogen and oxygen atoms in total. The van der Waals surface area contributed by atoms with Crippen molar-refractivity contribution in [3.05, 3.63) is 126 Å². The van der Waals surface area contributed by atoms with Gasteiger partial charge in [0, 0.05) is 23.1 Å². The molecule has 0 aliphatic carbocycles. The predicted octanol–water partition coefficient (Wildman–Crippen LogP) is 5.92. The van der Waals surface area contributed by atoms with Crippen LogP contribution in [0, 0.1) is 0 Å². The van der Waals surface area contributed by atoms with E-state index in [4.69, 9.17) is 0 Å². The fraction of sp³-hybridized carbons (Fsp3) is 0.0741. The Labute approximate surface area is 165 Å². The van der Waals surface area contributed by atoms with E-state index in [1.807, 2.05) is 0 Å². The van der Waals surface area contributed by atoms with Crippen LogP contribution in [-0.4, -0.2) is 0 Å². The third-order valence-corrected chi connectivity index (χ3v) is 5.41. The van der Waals surface area contributed by atoms with Crippen molar-refractivity contribution in [3.8, 4) is 0 Å². The van der Waals surface area contributed by atoms with Crippen LogP contribution in [0.4, 0.5) is 0 Å². The zero-order valence-corrected chi connectivity index (χ0v) is 15.8. The van der Waals surface area contributed by atoms with Crippen LogP contribution in [0.1, 0.15) is 16.8 Å². The molecule has 1 aromatic heterocycles. The highest BCUT2D eigenvalue weighted by Crippen LogP contribution is 2.19. The van der Waals surface area contributed by atoms with Gasteiger partial charge in [-0.1, -0.05) is 84.9 Å². The van der Waals surface area contributed by atoms with Gasteiger partial charge in [-0.15, -0.1) is 0 Å². The van der Waals surface area contributed by atoms with Crippen molar-refractivity contribution < 1.29 is 4.57 Å². The lowest BCUT2D eigenvalue weighted by atomic mass is 10.0. The second kappa shape index (κ2) is 7.28. The van der Waals surface area contributed by atoms with Gasteiger partial charge in [0.1, 0.15) is 0 Å². The van der Waals surface area contributed by atoms with Crippen LogP contribution in [0.2, 0.25) is 0 Å². The topological polar surface area (TPSA) is 3.88 Å². The zero-order chi connectivity index (χ0) is 18.8. The lowest BCUT2D eigenvalue weighted by molar-refractivity contribution is -0.669. The minimum absolute atomic E-state index is 0.880. The van der Waals surface area contributed by atoms with Crippen LogP contribution in [-0.2, 0) is 13.0 Å². The molecule has 4 aromatic carbocycles. The maximum absolute atomic E-state index is 2.46. The number of rotatable bonds is 4. The predicted molar refractivity (Wildman–Crippen MR) is 116 cm³/mol. The second-order valence-electron chi connectivity index (χ2n) is 7.31. The van der Waals surface area contributed by atoms with Gasteiger partial charge in [0.2, 0.25) is 5.52 Å². The summed E-state index contributed by atoms with van der Waals surface area (Å²) >= 11 is 0. The molecule has 0 amide bonds. The van der Waals surface area contributed by atoms with E-state index in [9.17, 15) is 0 Å². The Kier molecular flexibility index (Phi) is 4.34. The Morgan fingerprint density at radius 3 is 2.04 bits per heavy atom. The first-order valence-corrected chi connectivity index (χ1v) is 9.79. The second-order valence-corrected chi connectivity index (χ2v) is 7.31. The molecule has 1 heterocycles. The number of benzene rings is 4. The van der Waals surface area contributed by atoms with E-state index in [2.05, 4.69) is 114 Å². The highest BCUT2D eigenvalue weighted by atomic mass is 15.0. The molecule has 0 bridgehead atoms. The largest absolute Gasteiger partial charge is 0.212 e. The maximum atomic E-state index is 2.46. The average Bonchev–Trinajstić information content (AvgIpc) is 2.76. The lowest BCUT2D eigenvalue weighted by Crippen LogP contribution is -2.40. The van der Waals surface area contributed by atoms with Crippen molar-refractivity contribution in [1.29, 1.82) is 0 Å². The number of para-hydroxylation sites is 1. The fourth-order valence-electron chi connectivity index (χ4n) is 3.97. The molecular formula is C27H22N+. The zero-order valence-electron chi connectivity index (χ0n) is 15.8. The third-order valence-electron chi connectivity index (χ3n) is 5.41. The smallest absolute Gasteiger partial charge is 0.191 e. The van der Waals surface area contributed by atoms with Crippen molar-refractivity contribution in [3.63, 3.8) is 0 Å². The first-order chi connectivity index (χ1) is 13.9. The summed E-state index contributed by atoms with van der Waals surface area (Å²) in [4.78, 5) is 0. The maximum Gasteiger partial charge on any atom is 0.212 e. The molecule has 1 heteroatoms. The molecule has 0 aliphatic heterocycles. The van der Waals surface area contributed by atoms with Crippen molar-refractivity contribution >= 4 is 21.7 Å². The van der Waals surface area contributed by atoms with Crippen molar-refractivity contribution in [2.45, 2.75) is 13.0 Å². The summed E-state index contributed by atoms with van der Waals surface area (Å²) in [6.07, 6.45) is 0.919. The first kappa shape index (κ1) is 16.7. The SMILES string of the molecule is c1ccc(C[n+]2c(Cc3ccc4ccccc4c3)ccc3ccccc32)cc1. The minimum atomic E-state index is 0.880. The van der Waals surface area contributed by atoms with Gasteiger partial charge < -0.3 is 0 Å². The van der Waals surface area contributed by atoms with E-state index in [0.29, 0.717) is 0 Å². The molecule has 5 aromatic rings. The van der Waals surface area contributed by atoms with E-state index < -0.39 is 0 Å². The number of hydrogen-bond donors (Lipinski definition) is 0. The van der Waals surface area contributed by atoms with Gasteiger partial charge in [-0.05, 0) is 28.5 Å². The summed E-state index contributed by atoms with van der Waals surface area (Å²) < 4.78 is 2.46. The van der Waals surface area contributed by atoms with Crippen LogP contribution in [0.25, 0.3) is 21.7 Å². The number of nitrogens with zero attached hydrogens (tertiary/aromatic N) is 1. The molecule has 5 rings (SSSR count). The molecule has 28 heavy (non-hydrogen) atoms. The van der Waals surface area contributed by atoms with Gasteiger partial charge in [0.05, 0.1) is 6.42 Å². The van der Waals surface area contributed by atoms with E-state index in [1.54, 1.807) is 0 Å². The monoisotopic (exact) mass is 360 g/mol. The van der Waals surface area contributed by atoms with Gasteiger partial charge in [0.25, 0.3) is 0 Å². The first-order valence-electron chi connectivity index (χ1n) is 9.79. The minimum Gasteiger partial charge on any atom is -0.191 e. The summed E-state index contributed by atoms with van der Waals surface area (Å²) in [7, 11) is 0. The summed E-state index contributed by atoms with van der Waals surface area (Å²) in [5, 5.41) is 3.87. The van der Waals surface area contributed by atoms with Gasteiger partial charge in [-0.2, -0.15) is 4.57 Å². The van der Waals surface area contributed by atoms with Gasteiger partial charge >= 0.3 is 0 Å². The third kappa shape index (κ3) is 3.27. The van der Waals surface area contributed by atoms with Crippen LogP contribution in [0.3, 0.4) is 0 Å². The molecule has 0 saturated carbocycles. The summed E-state index contributed by atoms with van der Waals surface area (Å²) in [6, 6.07) is 39.3. The fourth-order valence-corrected chi connectivity index (χ4v) is 3.97. The molecule has 0 unspecified atom stereocenters. The standard InChI is InChI=1S/C27H22N/c1-2-8-21(9-3-1)20-28-26(17-16-24-11-6-7-13-27(24)28)19-22-14-15-23-10-4-5-12-25(23)18-22/h1-18H,19-20H2/q+1. The number of fused-ring (bicyclic) bond motifs is 2.